The molecular weight excluding hydrogens is 444 g/mol. The Kier molecular flexibility index (Phi) is 12.9. The van der Waals surface area contributed by atoms with E-state index in [1.54, 1.807) is 6.07 Å². The van der Waals surface area contributed by atoms with E-state index in [9.17, 15) is 13.6 Å². The van der Waals surface area contributed by atoms with Crippen LogP contribution in [0.3, 0.4) is 0 Å². The fourth-order valence-corrected chi connectivity index (χ4v) is 4.08. The molecule has 1 aromatic rings. The molecule has 0 spiro atoms. The summed E-state index contributed by atoms with van der Waals surface area (Å²) in [6.07, 6.45) is 7.79. The highest BCUT2D eigenvalue weighted by Crippen LogP contribution is 2.36. The number of allylic oxidation sites excluding steroid dienone is 2. The number of hydrogen-bond acceptors (Lipinski definition) is 2. The number of amides is 1. The first-order valence-electron chi connectivity index (χ1n) is 11.9. The largest absolute Gasteiger partial charge is 0.396 e. The smallest absolute Gasteiger partial charge is 0.253 e. The lowest BCUT2D eigenvalue weighted by atomic mass is 9.86. The summed E-state index contributed by atoms with van der Waals surface area (Å²) in [7, 11) is 0. The first kappa shape index (κ1) is 29.3. The molecular formula is C27H40ClF2NO2. The molecule has 1 saturated carbocycles. The second-order valence-corrected chi connectivity index (χ2v) is 9.49. The van der Waals surface area contributed by atoms with Crippen molar-refractivity contribution in [1.82, 2.24) is 5.32 Å². The number of aryl methyl sites for hydroxylation is 1. The first-order chi connectivity index (χ1) is 15.5. The normalized spacial score (nSPS) is 16.7. The molecule has 1 amide bonds. The number of halogens is 3. The van der Waals surface area contributed by atoms with E-state index in [0.29, 0.717) is 42.5 Å². The van der Waals surface area contributed by atoms with E-state index in [4.69, 9.17) is 16.7 Å². The van der Waals surface area contributed by atoms with Gasteiger partial charge in [-0.2, -0.15) is 0 Å². The van der Waals surface area contributed by atoms with Gasteiger partial charge in [-0.1, -0.05) is 68.7 Å². The minimum absolute atomic E-state index is 0.0848. The fraction of sp³-hybridized carbons (Fsp3) is 0.593. The van der Waals surface area contributed by atoms with Crippen molar-refractivity contribution in [3.05, 3.63) is 52.1 Å². The van der Waals surface area contributed by atoms with Gasteiger partial charge in [0, 0.05) is 26.0 Å². The molecule has 0 aliphatic heterocycles. The molecule has 1 fully saturated rings. The molecule has 2 N–H and O–H groups in total. The van der Waals surface area contributed by atoms with Gasteiger partial charge in [0.05, 0.1) is 10.6 Å². The summed E-state index contributed by atoms with van der Waals surface area (Å²) in [4.78, 5) is 12.7. The third-order valence-electron chi connectivity index (χ3n) is 6.09. The summed E-state index contributed by atoms with van der Waals surface area (Å²) < 4.78 is 26.4. The Hall–Kier alpha value is -1.72. The Balaban J connectivity index is 0.000000582. The summed E-state index contributed by atoms with van der Waals surface area (Å²) in [5.41, 5.74) is 2.97. The third-order valence-corrected chi connectivity index (χ3v) is 6.41. The van der Waals surface area contributed by atoms with Gasteiger partial charge in [0.1, 0.15) is 0 Å². The van der Waals surface area contributed by atoms with Gasteiger partial charge < -0.3 is 10.4 Å². The summed E-state index contributed by atoms with van der Waals surface area (Å²) in [5, 5.41) is 11.9. The van der Waals surface area contributed by atoms with E-state index < -0.39 is 5.92 Å². The predicted molar refractivity (Wildman–Crippen MR) is 135 cm³/mol. The van der Waals surface area contributed by atoms with Crippen LogP contribution in [-0.2, 0) is 0 Å². The van der Waals surface area contributed by atoms with Crippen molar-refractivity contribution in [3.8, 4) is 0 Å². The van der Waals surface area contributed by atoms with Gasteiger partial charge in [0.15, 0.2) is 0 Å². The Morgan fingerprint density at radius 2 is 1.97 bits per heavy atom. The molecule has 0 bridgehead atoms. The molecule has 1 unspecified atom stereocenters. The van der Waals surface area contributed by atoms with Crippen LogP contribution in [0.4, 0.5) is 8.78 Å². The molecule has 1 aliphatic rings. The zero-order valence-corrected chi connectivity index (χ0v) is 21.3. The molecule has 3 nitrogen and oxygen atoms in total. The van der Waals surface area contributed by atoms with Gasteiger partial charge in [-0.15, -0.1) is 0 Å². The average Bonchev–Trinajstić information content (AvgIpc) is 2.77. The maximum atomic E-state index is 13.2. The number of nitrogens with one attached hydrogen (secondary N) is 1. The van der Waals surface area contributed by atoms with Crippen molar-refractivity contribution < 1.29 is 18.7 Å². The second kappa shape index (κ2) is 14.5. The average molecular weight is 484 g/mol. The van der Waals surface area contributed by atoms with Crippen LogP contribution in [-0.4, -0.2) is 30.1 Å². The SMILES string of the molecule is C=C(C)/C=C\c1c(C)ccc(Cl)c1C(=O)NCC1CCC(F)(F)CC1.CCCC(CC)CO. The number of alkyl halides is 2. The standard InChI is InChI=1S/C20H24ClF2NO.C7H16O/c1-13(2)4-6-16-14(3)5-7-17(21)18(16)19(25)24-12-15-8-10-20(22,23)11-9-15;1-3-5-7(4-2)6-8/h4-7,15H,1,8-12H2,2-3H3,(H,24,25);7-8H,3-6H2,1-2H3/b6-4-;. The Morgan fingerprint density at radius 1 is 1.33 bits per heavy atom. The van der Waals surface area contributed by atoms with Gasteiger partial charge in [-0.3, -0.25) is 4.79 Å². The van der Waals surface area contributed by atoms with Crippen molar-refractivity contribution in [1.29, 1.82) is 0 Å². The van der Waals surface area contributed by atoms with Crippen LogP contribution in [0.25, 0.3) is 6.08 Å². The van der Waals surface area contributed by atoms with Crippen LogP contribution >= 0.6 is 11.6 Å². The second-order valence-electron chi connectivity index (χ2n) is 9.09. The monoisotopic (exact) mass is 483 g/mol. The third kappa shape index (κ3) is 10.4. The molecule has 0 aromatic heterocycles. The molecule has 2 rings (SSSR count). The highest BCUT2D eigenvalue weighted by atomic mass is 35.5. The van der Waals surface area contributed by atoms with E-state index in [-0.39, 0.29) is 24.7 Å². The number of aliphatic hydroxyl groups is 1. The van der Waals surface area contributed by atoms with Crippen LogP contribution in [0.1, 0.15) is 87.2 Å². The van der Waals surface area contributed by atoms with Crippen LogP contribution in [0.15, 0.2) is 30.4 Å². The number of hydrogen-bond donors (Lipinski definition) is 2. The van der Waals surface area contributed by atoms with Crippen LogP contribution < -0.4 is 5.32 Å². The Labute approximate surface area is 203 Å². The predicted octanol–water partition coefficient (Wildman–Crippen LogP) is 7.60. The number of carbonyl (C=O) groups is 1. The molecule has 33 heavy (non-hydrogen) atoms. The molecule has 1 aliphatic carbocycles. The van der Waals surface area contributed by atoms with Gasteiger partial charge in [0.25, 0.3) is 5.91 Å². The Morgan fingerprint density at radius 3 is 2.45 bits per heavy atom. The van der Waals surface area contributed by atoms with Gasteiger partial charge in [-0.05, 0) is 62.1 Å². The lowest BCUT2D eigenvalue weighted by Gasteiger charge is -2.28. The van der Waals surface area contributed by atoms with Crippen molar-refractivity contribution in [3.63, 3.8) is 0 Å². The van der Waals surface area contributed by atoms with E-state index in [1.165, 1.54) is 12.8 Å². The van der Waals surface area contributed by atoms with Gasteiger partial charge in [-0.25, -0.2) is 8.78 Å². The number of carbonyl (C=O) groups excluding carboxylic acids is 1. The van der Waals surface area contributed by atoms with Crippen LogP contribution in [0.5, 0.6) is 0 Å². The number of aliphatic hydroxyl groups excluding tert-OH is 1. The molecule has 0 saturated heterocycles. The summed E-state index contributed by atoms with van der Waals surface area (Å²) in [6.45, 7) is 12.6. The van der Waals surface area contributed by atoms with Gasteiger partial charge in [0.2, 0.25) is 5.92 Å². The highest BCUT2D eigenvalue weighted by Gasteiger charge is 2.34. The summed E-state index contributed by atoms with van der Waals surface area (Å²) in [5.74, 6) is -2.19. The minimum Gasteiger partial charge on any atom is -0.396 e. The van der Waals surface area contributed by atoms with E-state index in [1.807, 2.05) is 32.1 Å². The summed E-state index contributed by atoms with van der Waals surface area (Å²) >= 11 is 6.25. The van der Waals surface area contributed by atoms with Crippen molar-refractivity contribution >= 4 is 23.6 Å². The van der Waals surface area contributed by atoms with Gasteiger partial charge >= 0.3 is 0 Å². The Bertz CT molecular complexity index is 794. The maximum Gasteiger partial charge on any atom is 0.253 e. The molecule has 186 valence electrons. The maximum absolute atomic E-state index is 13.2. The van der Waals surface area contributed by atoms with Crippen molar-refractivity contribution in [2.75, 3.05) is 13.2 Å². The lowest BCUT2D eigenvalue weighted by molar-refractivity contribution is -0.0452. The lowest BCUT2D eigenvalue weighted by Crippen LogP contribution is -2.34. The summed E-state index contributed by atoms with van der Waals surface area (Å²) in [6, 6.07) is 3.56. The zero-order chi connectivity index (χ0) is 25.0. The molecule has 0 radical (unpaired) electrons. The van der Waals surface area contributed by atoms with Crippen LogP contribution in [0, 0.1) is 18.8 Å². The number of benzene rings is 1. The molecule has 6 heteroatoms. The van der Waals surface area contributed by atoms with Crippen molar-refractivity contribution in [2.45, 2.75) is 78.6 Å². The van der Waals surface area contributed by atoms with Crippen molar-refractivity contribution in [2.24, 2.45) is 11.8 Å². The molecule has 1 atom stereocenters. The first-order valence-corrected chi connectivity index (χ1v) is 12.3. The zero-order valence-electron chi connectivity index (χ0n) is 20.5. The highest BCUT2D eigenvalue weighted by molar-refractivity contribution is 6.34. The molecule has 1 aromatic carbocycles. The number of rotatable bonds is 9. The topological polar surface area (TPSA) is 49.3 Å². The van der Waals surface area contributed by atoms with Crippen LogP contribution in [0.2, 0.25) is 5.02 Å². The quantitative estimate of drug-likeness (QED) is 0.355. The minimum atomic E-state index is -2.55. The van der Waals surface area contributed by atoms with E-state index in [0.717, 1.165) is 23.1 Å². The molecule has 0 heterocycles. The van der Waals surface area contributed by atoms with E-state index in [2.05, 4.69) is 25.7 Å². The van der Waals surface area contributed by atoms with E-state index >= 15 is 0 Å². The fourth-order valence-electron chi connectivity index (χ4n) is 3.83.